The zero-order chi connectivity index (χ0) is 12.6. The number of pyridine rings is 1. The fourth-order valence-electron chi connectivity index (χ4n) is 3.01. The number of rotatable bonds is 3. The van der Waals surface area contributed by atoms with E-state index in [1.807, 2.05) is 6.07 Å². The molecule has 0 aliphatic heterocycles. The Morgan fingerprint density at radius 1 is 1.33 bits per heavy atom. The lowest BCUT2D eigenvalue weighted by Crippen LogP contribution is -2.39. The van der Waals surface area contributed by atoms with E-state index < -0.39 is 0 Å². The van der Waals surface area contributed by atoms with Gasteiger partial charge < -0.3 is 9.72 Å². The van der Waals surface area contributed by atoms with Crippen molar-refractivity contribution >= 4 is 5.65 Å². The maximum Gasteiger partial charge on any atom is 0.137 e. The van der Waals surface area contributed by atoms with Gasteiger partial charge in [0.05, 0.1) is 11.4 Å². The number of fused-ring (bicyclic) bond motifs is 1. The molecule has 0 radical (unpaired) electrons. The second-order valence-corrected chi connectivity index (χ2v) is 5.69. The highest BCUT2D eigenvalue weighted by Crippen LogP contribution is 2.29. The highest BCUT2D eigenvalue weighted by Gasteiger charge is 2.28. The quantitative estimate of drug-likeness (QED) is 0.897. The molecule has 2 aromatic heterocycles. The van der Waals surface area contributed by atoms with E-state index in [0.717, 1.165) is 17.9 Å². The van der Waals surface area contributed by atoms with E-state index in [4.69, 9.17) is 0 Å². The Hall–Kier alpha value is -1.35. The van der Waals surface area contributed by atoms with Crippen LogP contribution in [0.25, 0.3) is 5.65 Å². The highest BCUT2D eigenvalue weighted by atomic mass is 15.1. The molecule has 0 amide bonds. The van der Waals surface area contributed by atoms with Crippen LogP contribution in [0, 0.1) is 6.92 Å². The molecule has 1 saturated carbocycles. The average molecular weight is 243 g/mol. The number of aromatic nitrogens is 2. The Kier molecular flexibility index (Phi) is 2.86. The first-order valence-corrected chi connectivity index (χ1v) is 6.86. The third kappa shape index (κ3) is 2.03. The monoisotopic (exact) mass is 243 g/mol. The van der Waals surface area contributed by atoms with Gasteiger partial charge in [0.1, 0.15) is 5.65 Å². The number of nitrogens with zero attached hydrogens (tertiary/aromatic N) is 2. The number of aryl methyl sites for hydroxylation is 1. The van der Waals surface area contributed by atoms with Crippen molar-refractivity contribution in [3.05, 3.63) is 35.8 Å². The largest absolute Gasteiger partial charge is 0.306 e. The molecule has 0 spiro atoms. The van der Waals surface area contributed by atoms with Gasteiger partial charge in [0.25, 0.3) is 0 Å². The molecule has 0 unspecified atom stereocenters. The normalized spacial score (nSPS) is 18.6. The Labute approximate surface area is 108 Å². The van der Waals surface area contributed by atoms with Crippen molar-refractivity contribution < 1.29 is 0 Å². The summed E-state index contributed by atoms with van der Waals surface area (Å²) >= 11 is 0. The molecule has 0 atom stereocenters. The van der Waals surface area contributed by atoms with Crippen molar-refractivity contribution in [2.45, 2.75) is 51.6 Å². The molecule has 18 heavy (non-hydrogen) atoms. The standard InChI is InChI=1S/C15H21N3/c1-12-13(11-16-15(2)8-4-5-9-15)18-10-6-3-7-14(18)17-12/h3,6-7,10,16H,4-5,8-9,11H2,1-2H3. The van der Waals surface area contributed by atoms with E-state index >= 15 is 0 Å². The highest BCUT2D eigenvalue weighted by molar-refractivity contribution is 5.42. The van der Waals surface area contributed by atoms with Gasteiger partial charge in [0.2, 0.25) is 0 Å². The Balaban J connectivity index is 1.84. The van der Waals surface area contributed by atoms with Crippen LogP contribution in [0.4, 0.5) is 0 Å². The minimum atomic E-state index is 0.325. The SMILES string of the molecule is Cc1nc2ccccn2c1CNC1(C)CCCC1. The lowest BCUT2D eigenvalue weighted by molar-refractivity contribution is 0.360. The van der Waals surface area contributed by atoms with Crippen LogP contribution >= 0.6 is 0 Å². The second kappa shape index (κ2) is 4.39. The number of hydrogen-bond donors (Lipinski definition) is 1. The Bertz CT molecular complexity index is 550. The van der Waals surface area contributed by atoms with E-state index in [1.54, 1.807) is 0 Å². The molecular formula is C15H21N3. The fraction of sp³-hybridized carbons (Fsp3) is 0.533. The van der Waals surface area contributed by atoms with Crippen LogP contribution in [0.15, 0.2) is 24.4 Å². The van der Waals surface area contributed by atoms with E-state index in [1.165, 1.54) is 31.4 Å². The zero-order valence-electron chi connectivity index (χ0n) is 11.2. The predicted molar refractivity (Wildman–Crippen MR) is 73.6 cm³/mol. The average Bonchev–Trinajstić information content (AvgIpc) is 2.91. The number of hydrogen-bond acceptors (Lipinski definition) is 2. The van der Waals surface area contributed by atoms with Crippen molar-refractivity contribution in [2.24, 2.45) is 0 Å². The van der Waals surface area contributed by atoms with Gasteiger partial charge in [-0.3, -0.25) is 0 Å². The molecule has 1 aliphatic rings. The third-order valence-corrected chi connectivity index (χ3v) is 4.22. The first-order chi connectivity index (χ1) is 8.68. The molecule has 0 saturated heterocycles. The smallest absolute Gasteiger partial charge is 0.137 e. The fourth-order valence-corrected chi connectivity index (χ4v) is 3.01. The molecule has 2 heterocycles. The van der Waals surface area contributed by atoms with Gasteiger partial charge >= 0.3 is 0 Å². The van der Waals surface area contributed by atoms with Crippen LogP contribution in [0.5, 0.6) is 0 Å². The summed E-state index contributed by atoms with van der Waals surface area (Å²) in [5, 5.41) is 3.73. The minimum absolute atomic E-state index is 0.325. The molecule has 1 fully saturated rings. The Morgan fingerprint density at radius 2 is 2.11 bits per heavy atom. The summed E-state index contributed by atoms with van der Waals surface area (Å²) in [7, 11) is 0. The van der Waals surface area contributed by atoms with Crippen LogP contribution in [0.1, 0.15) is 44.0 Å². The molecule has 3 nitrogen and oxygen atoms in total. The minimum Gasteiger partial charge on any atom is -0.306 e. The predicted octanol–water partition coefficient (Wildman–Crippen LogP) is 3.07. The summed E-state index contributed by atoms with van der Waals surface area (Å²) in [5.74, 6) is 0. The van der Waals surface area contributed by atoms with Crippen LogP contribution in [-0.4, -0.2) is 14.9 Å². The van der Waals surface area contributed by atoms with Gasteiger partial charge in [-0.2, -0.15) is 0 Å². The molecule has 96 valence electrons. The van der Waals surface area contributed by atoms with Gasteiger partial charge in [0.15, 0.2) is 0 Å². The molecule has 0 aromatic carbocycles. The first kappa shape index (κ1) is 11.7. The summed E-state index contributed by atoms with van der Waals surface area (Å²) in [6, 6.07) is 6.17. The van der Waals surface area contributed by atoms with E-state index in [2.05, 4.69) is 46.9 Å². The first-order valence-electron chi connectivity index (χ1n) is 6.86. The zero-order valence-corrected chi connectivity index (χ0v) is 11.2. The summed E-state index contributed by atoms with van der Waals surface area (Å²) in [5.41, 5.74) is 3.79. The molecule has 2 aromatic rings. The van der Waals surface area contributed by atoms with Gasteiger partial charge in [-0.15, -0.1) is 0 Å². The summed E-state index contributed by atoms with van der Waals surface area (Å²) in [6.07, 6.45) is 7.40. The Morgan fingerprint density at radius 3 is 2.89 bits per heavy atom. The van der Waals surface area contributed by atoms with Crippen molar-refractivity contribution in [1.29, 1.82) is 0 Å². The van der Waals surface area contributed by atoms with E-state index in [0.29, 0.717) is 5.54 Å². The summed E-state index contributed by atoms with van der Waals surface area (Å²) in [4.78, 5) is 4.60. The van der Waals surface area contributed by atoms with Crippen molar-refractivity contribution in [3.8, 4) is 0 Å². The summed E-state index contributed by atoms with van der Waals surface area (Å²) < 4.78 is 2.20. The molecular weight excluding hydrogens is 222 g/mol. The maximum atomic E-state index is 4.60. The lowest BCUT2D eigenvalue weighted by Gasteiger charge is -2.25. The van der Waals surface area contributed by atoms with Crippen molar-refractivity contribution in [3.63, 3.8) is 0 Å². The van der Waals surface area contributed by atoms with Crippen LogP contribution < -0.4 is 5.32 Å². The molecule has 1 N–H and O–H groups in total. The van der Waals surface area contributed by atoms with Crippen molar-refractivity contribution in [2.75, 3.05) is 0 Å². The summed E-state index contributed by atoms with van der Waals surface area (Å²) in [6.45, 7) is 5.35. The van der Waals surface area contributed by atoms with Crippen LogP contribution in [-0.2, 0) is 6.54 Å². The third-order valence-electron chi connectivity index (χ3n) is 4.22. The van der Waals surface area contributed by atoms with Gasteiger partial charge in [0, 0.05) is 18.3 Å². The van der Waals surface area contributed by atoms with E-state index in [9.17, 15) is 0 Å². The van der Waals surface area contributed by atoms with Gasteiger partial charge in [-0.05, 0) is 38.8 Å². The van der Waals surface area contributed by atoms with Crippen molar-refractivity contribution in [1.82, 2.24) is 14.7 Å². The van der Waals surface area contributed by atoms with Crippen LogP contribution in [0.3, 0.4) is 0 Å². The van der Waals surface area contributed by atoms with E-state index in [-0.39, 0.29) is 0 Å². The lowest BCUT2D eigenvalue weighted by atomic mass is 10.0. The topological polar surface area (TPSA) is 29.3 Å². The second-order valence-electron chi connectivity index (χ2n) is 5.69. The molecule has 3 heteroatoms. The van der Waals surface area contributed by atoms with Gasteiger partial charge in [-0.1, -0.05) is 18.9 Å². The molecule has 1 aliphatic carbocycles. The van der Waals surface area contributed by atoms with Gasteiger partial charge in [-0.25, -0.2) is 4.98 Å². The van der Waals surface area contributed by atoms with Crippen LogP contribution in [0.2, 0.25) is 0 Å². The number of imidazole rings is 1. The molecule has 3 rings (SSSR count). The maximum absolute atomic E-state index is 4.60. The number of nitrogens with one attached hydrogen (secondary N) is 1. The molecule has 0 bridgehead atoms.